The third-order valence-corrected chi connectivity index (χ3v) is 4.45. The van der Waals surface area contributed by atoms with Crippen molar-refractivity contribution in [3.63, 3.8) is 0 Å². The minimum atomic E-state index is 0.414. The van der Waals surface area contributed by atoms with E-state index in [2.05, 4.69) is 15.5 Å². The van der Waals surface area contributed by atoms with Crippen LogP contribution in [0, 0.1) is 0 Å². The van der Waals surface area contributed by atoms with E-state index in [1.54, 1.807) is 26.0 Å². The average molecular weight is 392 g/mol. The predicted octanol–water partition coefficient (Wildman–Crippen LogP) is 3.67. The van der Waals surface area contributed by atoms with Gasteiger partial charge in [0.1, 0.15) is 35.2 Å². The third-order valence-electron chi connectivity index (χ3n) is 4.45. The van der Waals surface area contributed by atoms with Crippen LogP contribution in [0.3, 0.4) is 0 Å². The summed E-state index contributed by atoms with van der Waals surface area (Å²) in [5, 5.41) is 12.6. The van der Waals surface area contributed by atoms with Crippen molar-refractivity contribution < 1.29 is 18.7 Å². The van der Waals surface area contributed by atoms with Gasteiger partial charge in [0, 0.05) is 23.3 Å². The van der Waals surface area contributed by atoms with E-state index < -0.39 is 0 Å². The summed E-state index contributed by atoms with van der Waals surface area (Å²) >= 11 is 0. The normalized spacial score (nSPS) is 10.7. The molecule has 8 heteroatoms. The number of methoxy groups -OCH3 is 3. The SMILES string of the molecule is COc1ccc(-c2cc(Cn3cc(-c4cc(OC)cc(OC)c4)nn3)on2)cc1. The Bertz CT molecular complexity index is 1080. The lowest BCUT2D eigenvalue weighted by atomic mass is 10.1. The summed E-state index contributed by atoms with van der Waals surface area (Å²) in [6.45, 7) is 0.414. The molecule has 8 nitrogen and oxygen atoms in total. The minimum absolute atomic E-state index is 0.414. The van der Waals surface area contributed by atoms with Gasteiger partial charge in [0.2, 0.25) is 0 Å². The number of benzene rings is 2. The molecule has 0 N–H and O–H groups in total. The van der Waals surface area contributed by atoms with Crippen molar-refractivity contribution in [1.82, 2.24) is 20.2 Å². The van der Waals surface area contributed by atoms with Crippen molar-refractivity contribution in [1.29, 1.82) is 0 Å². The molecule has 4 rings (SSSR count). The van der Waals surface area contributed by atoms with Gasteiger partial charge < -0.3 is 18.7 Å². The molecule has 2 aromatic heterocycles. The molecule has 0 aliphatic heterocycles. The largest absolute Gasteiger partial charge is 0.497 e. The number of rotatable bonds is 7. The summed E-state index contributed by atoms with van der Waals surface area (Å²) in [4.78, 5) is 0. The summed E-state index contributed by atoms with van der Waals surface area (Å²) < 4.78 is 23.0. The molecule has 148 valence electrons. The molecule has 0 aliphatic carbocycles. The molecular weight excluding hydrogens is 372 g/mol. The molecule has 0 fully saturated rings. The van der Waals surface area contributed by atoms with Crippen LogP contribution in [0.25, 0.3) is 22.5 Å². The fraction of sp³-hybridized carbons (Fsp3) is 0.190. The number of nitrogens with zero attached hydrogens (tertiary/aromatic N) is 4. The van der Waals surface area contributed by atoms with Crippen molar-refractivity contribution in [3.8, 4) is 39.8 Å². The van der Waals surface area contributed by atoms with Crippen LogP contribution >= 0.6 is 0 Å². The van der Waals surface area contributed by atoms with Crippen LogP contribution in [0.15, 0.2) is 59.3 Å². The highest BCUT2D eigenvalue weighted by Crippen LogP contribution is 2.28. The summed E-state index contributed by atoms with van der Waals surface area (Å²) in [6, 6.07) is 15.1. The van der Waals surface area contributed by atoms with E-state index in [-0.39, 0.29) is 0 Å². The van der Waals surface area contributed by atoms with Crippen LogP contribution in [0.1, 0.15) is 5.76 Å². The molecule has 0 amide bonds. The minimum Gasteiger partial charge on any atom is -0.497 e. The van der Waals surface area contributed by atoms with Crippen molar-refractivity contribution in [3.05, 3.63) is 60.5 Å². The van der Waals surface area contributed by atoms with Gasteiger partial charge in [-0.3, -0.25) is 0 Å². The summed E-state index contributed by atoms with van der Waals surface area (Å²) in [5.41, 5.74) is 3.25. The standard InChI is InChI=1S/C21H20N4O4/c1-26-16-6-4-14(5-7-16)20-11-19(29-23-20)12-25-13-21(22-24-25)15-8-17(27-2)10-18(9-15)28-3/h4-11,13H,12H2,1-3H3. The van der Waals surface area contributed by atoms with Gasteiger partial charge in [0.05, 0.1) is 27.5 Å². The zero-order valence-corrected chi connectivity index (χ0v) is 16.3. The zero-order chi connectivity index (χ0) is 20.2. The van der Waals surface area contributed by atoms with Crippen LogP contribution in [-0.4, -0.2) is 41.5 Å². The van der Waals surface area contributed by atoms with Gasteiger partial charge in [-0.25, -0.2) is 4.68 Å². The predicted molar refractivity (Wildman–Crippen MR) is 106 cm³/mol. The summed E-state index contributed by atoms with van der Waals surface area (Å²) in [5.74, 6) is 2.85. The van der Waals surface area contributed by atoms with Crippen molar-refractivity contribution in [2.24, 2.45) is 0 Å². The van der Waals surface area contributed by atoms with Crippen molar-refractivity contribution in [2.75, 3.05) is 21.3 Å². The molecular formula is C21H20N4O4. The van der Waals surface area contributed by atoms with Gasteiger partial charge in [-0.2, -0.15) is 0 Å². The van der Waals surface area contributed by atoms with Crippen LogP contribution < -0.4 is 14.2 Å². The fourth-order valence-electron chi connectivity index (χ4n) is 2.91. The van der Waals surface area contributed by atoms with E-state index in [0.29, 0.717) is 29.5 Å². The second-order valence-electron chi connectivity index (χ2n) is 6.31. The molecule has 29 heavy (non-hydrogen) atoms. The van der Waals surface area contributed by atoms with E-state index in [4.69, 9.17) is 18.7 Å². The molecule has 0 saturated carbocycles. The lowest BCUT2D eigenvalue weighted by molar-refractivity contribution is 0.371. The molecule has 0 atom stereocenters. The van der Waals surface area contributed by atoms with Gasteiger partial charge in [-0.15, -0.1) is 5.10 Å². The first kappa shape index (κ1) is 18.5. The second kappa shape index (κ2) is 8.05. The highest BCUT2D eigenvalue weighted by molar-refractivity contribution is 5.63. The number of hydrogen-bond acceptors (Lipinski definition) is 7. The molecule has 0 spiro atoms. The molecule has 2 heterocycles. The first-order valence-electron chi connectivity index (χ1n) is 8.92. The Morgan fingerprint density at radius 2 is 1.48 bits per heavy atom. The van der Waals surface area contributed by atoms with Gasteiger partial charge in [0.15, 0.2) is 5.76 Å². The second-order valence-corrected chi connectivity index (χ2v) is 6.31. The van der Waals surface area contributed by atoms with Gasteiger partial charge in [-0.1, -0.05) is 10.4 Å². The van der Waals surface area contributed by atoms with E-state index >= 15 is 0 Å². The van der Waals surface area contributed by atoms with E-state index in [1.807, 2.05) is 54.7 Å². The Morgan fingerprint density at radius 1 is 0.793 bits per heavy atom. The highest BCUT2D eigenvalue weighted by Gasteiger charge is 2.11. The first-order valence-corrected chi connectivity index (χ1v) is 8.92. The molecule has 0 aliphatic rings. The summed E-state index contributed by atoms with van der Waals surface area (Å²) in [6.07, 6.45) is 1.84. The van der Waals surface area contributed by atoms with Gasteiger partial charge in [0.25, 0.3) is 0 Å². The molecule has 4 aromatic rings. The molecule has 0 unspecified atom stereocenters. The Balaban J connectivity index is 1.52. The van der Waals surface area contributed by atoms with Gasteiger partial charge >= 0.3 is 0 Å². The molecule has 2 aromatic carbocycles. The smallest absolute Gasteiger partial charge is 0.158 e. The summed E-state index contributed by atoms with van der Waals surface area (Å²) in [7, 11) is 4.86. The Morgan fingerprint density at radius 3 is 2.14 bits per heavy atom. The van der Waals surface area contributed by atoms with E-state index in [1.165, 1.54) is 0 Å². The third kappa shape index (κ3) is 4.06. The quantitative estimate of drug-likeness (QED) is 0.474. The number of ether oxygens (including phenoxy) is 3. The molecule has 0 saturated heterocycles. The van der Waals surface area contributed by atoms with Crippen molar-refractivity contribution >= 4 is 0 Å². The van der Waals surface area contributed by atoms with Crippen LogP contribution in [0.5, 0.6) is 17.2 Å². The highest BCUT2D eigenvalue weighted by atomic mass is 16.5. The maximum absolute atomic E-state index is 5.46. The molecule has 0 radical (unpaired) electrons. The van der Waals surface area contributed by atoms with Crippen molar-refractivity contribution in [2.45, 2.75) is 6.54 Å². The topological polar surface area (TPSA) is 84.4 Å². The number of hydrogen-bond donors (Lipinski definition) is 0. The maximum Gasteiger partial charge on any atom is 0.158 e. The fourth-order valence-corrected chi connectivity index (χ4v) is 2.91. The Labute approximate surface area is 167 Å². The maximum atomic E-state index is 5.46. The van der Waals surface area contributed by atoms with Crippen LogP contribution in [-0.2, 0) is 6.54 Å². The van der Waals surface area contributed by atoms with Gasteiger partial charge in [-0.05, 0) is 36.4 Å². The van der Waals surface area contributed by atoms with Crippen LogP contribution in [0.2, 0.25) is 0 Å². The molecule has 0 bridgehead atoms. The Kier molecular flexibility index (Phi) is 5.15. The monoisotopic (exact) mass is 392 g/mol. The number of aromatic nitrogens is 4. The first-order chi connectivity index (χ1) is 14.2. The lowest BCUT2D eigenvalue weighted by Gasteiger charge is -2.06. The van der Waals surface area contributed by atoms with E-state index in [9.17, 15) is 0 Å². The lowest BCUT2D eigenvalue weighted by Crippen LogP contribution is -1.98. The van der Waals surface area contributed by atoms with E-state index in [0.717, 1.165) is 22.6 Å². The Hall–Kier alpha value is -3.81. The van der Waals surface area contributed by atoms with Crippen LogP contribution in [0.4, 0.5) is 0 Å². The zero-order valence-electron chi connectivity index (χ0n) is 16.3. The average Bonchev–Trinajstić information content (AvgIpc) is 3.43.